The Hall–Kier alpha value is -1.000. The number of halogens is 2. The van der Waals surface area contributed by atoms with Gasteiger partial charge in [0.1, 0.15) is 10.8 Å². The third kappa shape index (κ3) is 3.51. The van der Waals surface area contributed by atoms with Gasteiger partial charge in [-0.05, 0) is 38.8 Å². The fourth-order valence-electron chi connectivity index (χ4n) is 1.94. The number of aromatic nitrogens is 1. The van der Waals surface area contributed by atoms with Crippen molar-refractivity contribution < 1.29 is 9.53 Å². The van der Waals surface area contributed by atoms with E-state index in [1.54, 1.807) is 11.0 Å². The molecule has 2 heterocycles. The minimum absolute atomic E-state index is 0.337. The summed E-state index contributed by atoms with van der Waals surface area (Å²) < 4.78 is 5.35. The van der Waals surface area contributed by atoms with Crippen LogP contribution in [0.4, 0.5) is 4.79 Å². The molecule has 0 fully saturated rings. The molecule has 0 atom stereocenters. The molecule has 1 aromatic heterocycles. The normalized spacial score (nSPS) is 15.1. The third-order valence-electron chi connectivity index (χ3n) is 2.75. The lowest BCUT2D eigenvalue weighted by Gasteiger charge is -2.31. The smallest absolute Gasteiger partial charge is 0.410 e. The number of pyridine rings is 1. The van der Waals surface area contributed by atoms with Crippen molar-refractivity contribution in [1.29, 1.82) is 0 Å². The van der Waals surface area contributed by atoms with E-state index in [1.807, 2.05) is 20.8 Å². The van der Waals surface area contributed by atoms with Crippen LogP contribution in [0.3, 0.4) is 0 Å². The second kappa shape index (κ2) is 5.17. The molecule has 19 heavy (non-hydrogen) atoms. The van der Waals surface area contributed by atoms with Gasteiger partial charge in [0.25, 0.3) is 0 Å². The predicted octanol–water partition coefficient (Wildman–Crippen LogP) is 3.68. The summed E-state index contributed by atoms with van der Waals surface area (Å²) in [6, 6.07) is 1.63. The first-order valence-corrected chi connectivity index (χ1v) is 6.83. The Bertz CT molecular complexity index is 512. The van der Waals surface area contributed by atoms with Crippen LogP contribution < -0.4 is 0 Å². The quantitative estimate of drug-likeness (QED) is 0.687. The summed E-state index contributed by atoms with van der Waals surface area (Å²) in [4.78, 5) is 17.9. The van der Waals surface area contributed by atoms with Gasteiger partial charge >= 0.3 is 6.09 Å². The number of amides is 1. The molecule has 0 bridgehead atoms. The van der Waals surface area contributed by atoms with Crippen LogP contribution in [0.25, 0.3) is 0 Å². The van der Waals surface area contributed by atoms with Crippen molar-refractivity contribution in [1.82, 2.24) is 9.88 Å². The Kier molecular flexibility index (Phi) is 3.92. The van der Waals surface area contributed by atoms with E-state index in [0.717, 1.165) is 11.3 Å². The Morgan fingerprint density at radius 3 is 2.74 bits per heavy atom. The highest BCUT2D eigenvalue weighted by atomic mass is 35.5. The van der Waals surface area contributed by atoms with Gasteiger partial charge in [-0.15, -0.1) is 0 Å². The van der Waals surface area contributed by atoms with E-state index in [1.165, 1.54) is 0 Å². The maximum atomic E-state index is 12.0. The molecule has 0 radical (unpaired) electrons. The van der Waals surface area contributed by atoms with Crippen LogP contribution in [-0.2, 0) is 17.7 Å². The van der Waals surface area contributed by atoms with Crippen molar-refractivity contribution in [3.05, 3.63) is 27.5 Å². The van der Waals surface area contributed by atoms with Crippen LogP contribution in [0.2, 0.25) is 10.2 Å². The first kappa shape index (κ1) is 14.4. The molecule has 104 valence electrons. The molecule has 1 aromatic rings. The van der Waals surface area contributed by atoms with Gasteiger partial charge in [0, 0.05) is 11.6 Å². The molecule has 1 amide bonds. The summed E-state index contributed by atoms with van der Waals surface area (Å²) >= 11 is 12.0. The second-order valence-corrected chi connectivity index (χ2v) is 6.30. The van der Waals surface area contributed by atoms with Crippen LogP contribution in [0, 0.1) is 0 Å². The molecule has 0 saturated heterocycles. The van der Waals surface area contributed by atoms with E-state index in [-0.39, 0.29) is 6.09 Å². The van der Waals surface area contributed by atoms with E-state index >= 15 is 0 Å². The maximum absolute atomic E-state index is 12.0. The number of hydrogen-bond acceptors (Lipinski definition) is 3. The van der Waals surface area contributed by atoms with Gasteiger partial charge in [-0.3, -0.25) is 0 Å². The third-order valence-corrected chi connectivity index (χ3v) is 3.28. The fourth-order valence-corrected chi connectivity index (χ4v) is 2.52. The molecule has 1 aliphatic heterocycles. The number of hydrogen-bond donors (Lipinski definition) is 0. The highest BCUT2D eigenvalue weighted by molar-refractivity contribution is 6.34. The van der Waals surface area contributed by atoms with Crippen molar-refractivity contribution in [2.45, 2.75) is 39.3 Å². The maximum Gasteiger partial charge on any atom is 0.410 e. The highest BCUT2D eigenvalue weighted by Crippen LogP contribution is 2.28. The summed E-state index contributed by atoms with van der Waals surface area (Å²) in [7, 11) is 0. The molecule has 0 aliphatic carbocycles. The average molecular weight is 303 g/mol. The lowest BCUT2D eigenvalue weighted by Crippen LogP contribution is -2.40. The highest BCUT2D eigenvalue weighted by Gasteiger charge is 2.27. The van der Waals surface area contributed by atoms with E-state index in [0.29, 0.717) is 29.7 Å². The lowest BCUT2D eigenvalue weighted by atomic mass is 10.1. The molecular formula is C13H16Cl2N2O2. The van der Waals surface area contributed by atoms with E-state index in [9.17, 15) is 4.79 Å². The summed E-state index contributed by atoms with van der Waals surface area (Å²) in [6.07, 6.45) is 0.327. The Morgan fingerprint density at radius 1 is 1.42 bits per heavy atom. The monoisotopic (exact) mass is 302 g/mol. The standard InChI is InChI=1S/C13H16Cl2N2O2/c1-13(2,3)19-12(18)17-5-4-8-9(14)6-11(15)16-10(8)7-17/h6H,4-5,7H2,1-3H3. The van der Waals surface area contributed by atoms with Crippen molar-refractivity contribution in [2.75, 3.05) is 6.54 Å². The van der Waals surface area contributed by atoms with E-state index in [2.05, 4.69) is 4.98 Å². The largest absolute Gasteiger partial charge is 0.444 e. The van der Waals surface area contributed by atoms with Crippen molar-refractivity contribution >= 4 is 29.3 Å². The van der Waals surface area contributed by atoms with Crippen LogP contribution in [0.5, 0.6) is 0 Å². The number of nitrogens with zero attached hydrogens (tertiary/aromatic N) is 2. The van der Waals surface area contributed by atoms with Gasteiger partial charge < -0.3 is 9.64 Å². The first-order chi connectivity index (χ1) is 8.76. The second-order valence-electron chi connectivity index (χ2n) is 5.50. The van der Waals surface area contributed by atoms with Crippen LogP contribution in [0.1, 0.15) is 32.0 Å². The number of carbonyl (C=O) groups is 1. The molecule has 2 rings (SSSR count). The van der Waals surface area contributed by atoms with Crippen molar-refractivity contribution in [3.63, 3.8) is 0 Å². The molecule has 0 spiro atoms. The van der Waals surface area contributed by atoms with Gasteiger partial charge in [0.2, 0.25) is 0 Å². The van der Waals surface area contributed by atoms with E-state index in [4.69, 9.17) is 27.9 Å². The van der Waals surface area contributed by atoms with Crippen LogP contribution >= 0.6 is 23.2 Å². The van der Waals surface area contributed by atoms with Crippen molar-refractivity contribution in [3.8, 4) is 0 Å². The first-order valence-electron chi connectivity index (χ1n) is 6.08. The Morgan fingerprint density at radius 2 is 2.11 bits per heavy atom. The van der Waals surface area contributed by atoms with Gasteiger partial charge in [0.05, 0.1) is 12.2 Å². The topological polar surface area (TPSA) is 42.4 Å². The molecule has 6 heteroatoms. The van der Waals surface area contributed by atoms with Gasteiger partial charge in [-0.1, -0.05) is 23.2 Å². The van der Waals surface area contributed by atoms with E-state index < -0.39 is 5.60 Å². The van der Waals surface area contributed by atoms with Gasteiger partial charge in [-0.2, -0.15) is 0 Å². The molecule has 0 unspecified atom stereocenters. The number of rotatable bonds is 0. The minimum atomic E-state index is -0.503. The Balaban J connectivity index is 2.16. The lowest BCUT2D eigenvalue weighted by molar-refractivity contribution is 0.0221. The minimum Gasteiger partial charge on any atom is -0.444 e. The summed E-state index contributed by atoms with van der Waals surface area (Å²) in [5.74, 6) is 0. The van der Waals surface area contributed by atoms with Crippen molar-refractivity contribution in [2.24, 2.45) is 0 Å². The Labute approximate surface area is 122 Å². The number of carbonyl (C=O) groups excluding carboxylic acids is 1. The zero-order valence-electron chi connectivity index (χ0n) is 11.2. The SMILES string of the molecule is CC(C)(C)OC(=O)N1CCc2c(Cl)cc(Cl)nc2C1. The van der Waals surface area contributed by atoms with Gasteiger partial charge in [-0.25, -0.2) is 9.78 Å². The van der Waals surface area contributed by atoms with Gasteiger partial charge in [0.15, 0.2) is 0 Å². The molecule has 4 nitrogen and oxygen atoms in total. The molecular weight excluding hydrogens is 287 g/mol. The van der Waals surface area contributed by atoms with Crippen LogP contribution in [-0.4, -0.2) is 28.1 Å². The number of ether oxygens (including phenoxy) is 1. The molecule has 0 aromatic carbocycles. The zero-order chi connectivity index (χ0) is 14.2. The molecule has 1 aliphatic rings. The summed E-state index contributed by atoms with van der Waals surface area (Å²) in [5, 5.41) is 0.952. The predicted molar refractivity (Wildman–Crippen MR) is 74.6 cm³/mol. The summed E-state index contributed by atoms with van der Waals surface area (Å²) in [6.45, 7) is 6.48. The fraction of sp³-hybridized carbons (Fsp3) is 0.538. The van der Waals surface area contributed by atoms with Crippen LogP contribution in [0.15, 0.2) is 6.07 Å². The number of fused-ring (bicyclic) bond motifs is 1. The average Bonchev–Trinajstić information content (AvgIpc) is 2.25. The molecule has 0 N–H and O–H groups in total. The summed E-state index contributed by atoms with van der Waals surface area (Å²) in [5.41, 5.74) is 1.21. The molecule has 0 saturated carbocycles. The zero-order valence-corrected chi connectivity index (χ0v) is 12.7.